The van der Waals surface area contributed by atoms with Crippen LogP contribution in [0.1, 0.15) is 42.0 Å². The highest BCUT2D eigenvalue weighted by Gasteiger charge is 2.14. The van der Waals surface area contributed by atoms with Gasteiger partial charge in [-0.2, -0.15) is 5.10 Å². The van der Waals surface area contributed by atoms with Crippen LogP contribution in [0.15, 0.2) is 24.3 Å². The zero-order chi connectivity index (χ0) is 16.3. The molecule has 1 heterocycles. The third-order valence-electron chi connectivity index (χ3n) is 4.12. The molecule has 1 aromatic carbocycles. The van der Waals surface area contributed by atoms with Crippen molar-refractivity contribution in [3.05, 3.63) is 52.6 Å². The summed E-state index contributed by atoms with van der Waals surface area (Å²) in [6.07, 6.45) is -0.0246. The number of aliphatic hydroxyl groups is 1. The van der Waals surface area contributed by atoms with Crippen LogP contribution in [0, 0.1) is 19.7 Å². The highest BCUT2D eigenvalue weighted by Crippen LogP contribution is 2.19. The minimum atomic E-state index is -0.598. The van der Waals surface area contributed by atoms with Crippen molar-refractivity contribution >= 4 is 0 Å². The van der Waals surface area contributed by atoms with E-state index in [1.807, 2.05) is 25.6 Å². The molecule has 2 atom stereocenters. The van der Waals surface area contributed by atoms with Gasteiger partial charge in [-0.1, -0.05) is 12.1 Å². The van der Waals surface area contributed by atoms with Gasteiger partial charge in [0.1, 0.15) is 5.82 Å². The summed E-state index contributed by atoms with van der Waals surface area (Å²) in [5.74, 6) is -0.287. The van der Waals surface area contributed by atoms with E-state index in [2.05, 4.69) is 17.3 Å². The number of rotatable bonds is 6. The number of hydrogen-bond donors (Lipinski definition) is 2. The topological polar surface area (TPSA) is 50.1 Å². The minimum Gasteiger partial charge on any atom is -0.388 e. The van der Waals surface area contributed by atoms with Crippen molar-refractivity contribution < 1.29 is 9.50 Å². The van der Waals surface area contributed by atoms with E-state index in [0.29, 0.717) is 6.42 Å². The van der Waals surface area contributed by atoms with E-state index in [1.165, 1.54) is 17.7 Å². The van der Waals surface area contributed by atoms with Gasteiger partial charge in [-0.25, -0.2) is 4.39 Å². The third kappa shape index (κ3) is 3.93. The Labute approximate surface area is 131 Å². The molecule has 4 nitrogen and oxygen atoms in total. The highest BCUT2D eigenvalue weighted by atomic mass is 19.1. The van der Waals surface area contributed by atoms with Crippen LogP contribution >= 0.6 is 0 Å². The van der Waals surface area contributed by atoms with Crippen molar-refractivity contribution in [1.82, 2.24) is 15.1 Å². The molecule has 0 bridgehead atoms. The first-order chi connectivity index (χ1) is 10.4. The molecule has 22 heavy (non-hydrogen) atoms. The summed E-state index contributed by atoms with van der Waals surface area (Å²) in [5, 5.41) is 18.0. The van der Waals surface area contributed by atoms with Gasteiger partial charge in [-0.3, -0.25) is 4.68 Å². The number of hydrogen-bond acceptors (Lipinski definition) is 3. The van der Waals surface area contributed by atoms with Crippen LogP contribution in [0.4, 0.5) is 4.39 Å². The number of nitrogens with one attached hydrogen (secondary N) is 1. The first kappa shape index (κ1) is 16.6. The number of aryl methyl sites for hydroxylation is 2. The Morgan fingerprint density at radius 3 is 2.45 bits per heavy atom. The van der Waals surface area contributed by atoms with E-state index in [-0.39, 0.29) is 11.9 Å². The van der Waals surface area contributed by atoms with Gasteiger partial charge in [-0.15, -0.1) is 0 Å². The number of aliphatic hydroxyl groups excluding tert-OH is 1. The quantitative estimate of drug-likeness (QED) is 0.863. The largest absolute Gasteiger partial charge is 0.388 e. The van der Waals surface area contributed by atoms with Crippen molar-refractivity contribution in [1.29, 1.82) is 0 Å². The van der Waals surface area contributed by atoms with Crippen LogP contribution in [-0.4, -0.2) is 20.9 Å². The molecular formula is C17H24FN3O. The van der Waals surface area contributed by atoms with Gasteiger partial charge in [0.25, 0.3) is 0 Å². The first-order valence-corrected chi connectivity index (χ1v) is 7.54. The fraction of sp³-hybridized carbons (Fsp3) is 0.471. The monoisotopic (exact) mass is 305 g/mol. The van der Waals surface area contributed by atoms with Crippen molar-refractivity contribution in [3.8, 4) is 0 Å². The lowest BCUT2D eigenvalue weighted by Gasteiger charge is -2.18. The second kappa shape index (κ2) is 7.03. The van der Waals surface area contributed by atoms with Gasteiger partial charge < -0.3 is 10.4 Å². The smallest absolute Gasteiger partial charge is 0.123 e. The SMILES string of the molecule is Cc1nn(C)c(C)c1CN[C@H](C)C[C@@H](O)c1ccc(F)cc1. The second-order valence-electron chi connectivity index (χ2n) is 5.86. The highest BCUT2D eigenvalue weighted by molar-refractivity contribution is 5.24. The molecule has 0 radical (unpaired) electrons. The molecule has 0 saturated carbocycles. The third-order valence-corrected chi connectivity index (χ3v) is 4.12. The first-order valence-electron chi connectivity index (χ1n) is 7.54. The van der Waals surface area contributed by atoms with Crippen molar-refractivity contribution in [2.75, 3.05) is 0 Å². The van der Waals surface area contributed by atoms with E-state index in [4.69, 9.17) is 0 Å². The Hall–Kier alpha value is -1.72. The molecule has 0 fully saturated rings. The standard InChI is InChI=1S/C17H24FN3O/c1-11(9-17(22)14-5-7-15(18)8-6-14)19-10-16-12(2)20-21(4)13(16)3/h5-8,11,17,19,22H,9-10H2,1-4H3/t11-,17-/m1/s1. The Balaban J connectivity index is 1.90. The number of aromatic nitrogens is 2. The Bertz CT molecular complexity index is 622. The van der Waals surface area contributed by atoms with Crippen molar-refractivity contribution in [2.45, 2.75) is 45.9 Å². The summed E-state index contributed by atoms with van der Waals surface area (Å²) in [7, 11) is 1.94. The molecule has 2 N–H and O–H groups in total. The predicted molar refractivity (Wildman–Crippen MR) is 85.0 cm³/mol. The summed E-state index contributed by atoms with van der Waals surface area (Å²) < 4.78 is 14.8. The van der Waals surface area contributed by atoms with Crippen LogP contribution in [0.25, 0.3) is 0 Å². The zero-order valence-electron chi connectivity index (χ0n) is 13.6. The molecule has 0 spiro atoms. The molecule has 120 valence electrons. The Kier molecular flexibility index (Phi) is 5.32. The number of halogens is 1. The molecule has 2 rings (SSSR count). The molecule has 0 aliphatic carbocycles. The maximum Gasteiger partial charge on any atom is 0.123 e. The van der Waals surface area contributed by atoms with Crippen LogP contribution in [0.5, 0.6) is 0 Å². The van der Waals surface area contributed by atoms with Crippen molar-refractivity contribution in [3.63, 3.8) is 0 Å². The van der Waals surface area contributed by atoms with Gasteiger partial charge >= 0.3 is 0 Å². The second-order valence-corrected chi connectivity index (χ2v) is 5.86. The van der Waals surface area contributed by atoms with Crippen LogP contribution < -0.4 is 5.32 Å². The van der Waals surface area contributed by atoms with Crippen LogP contribution in [0.2, 0.25) is 0 Å². The van der Waals surface area contributed by atoms with E-state index in [1.54, 1.807) is 12.1 Å². The summed E-state index contributed by atoms with van der Waals surface area (Å²) >= 11 is 0. The molecule has 1 aromatic heterocycles. The minimum absolute atomic E-state index is 0.138. The molecule has 0 unspecified atom stereocenters. The Morgan fingerprint density at radius 1 is 1.27 bits per heavy atom. The molecule has 5 heteroatoms. The summed E-state index contributed by atoms with van der Waals surface area (Å²) in [6.45, 7) is 6.81. The Morgan fingerprint density at radius 2 is 1.91 bits per heavy atom. The molecule has 0 saturated heterocycles. The summed E-state index contributed by atoms with van der Waals surface area (Å²) in [5.41, 5.74) is 4.12. The average Bonchev–Trinajstić information content (AvgIpc) is 2.70. The van der Waals surface area contributed by atoms with E-state index < -0.39 is 6.10 Å². The summed E-state index contributed by atoms with van der Waals surface area (Å²) in [6, 6.07) is 6.14. The normalized spacial score (nSPS) is 14.1. The van der Waals surface area contributed by atoms with E-state index in [9.17, 15) is 9.50 Å². The number of benzene rings is 1. The van der Waals surface area contributed by atoms with Gasteiger partial charge in [0.15, 0.2) is 0 Å². The summed E-state index contributed by atoms with van der Waals surface area (Å²) in [4.78, 5) is 0. The number of nitrogens with zero attached hydrogens (tertiary/aromatic N) is 2. The predicted octanol–water partition coefficient (Wildman–Crippen LogP) is 2.78. The lowest BCUT2D eigenvalue weighted by atomic mass is 10.0. The molecule has 2 aromatic rings. The molecule has 0 amide bonds. The molecular weight excluding hydrogens is 281 g/mol. The van der Waals surface area contributed by atoms with Gasteiger partial charge in [0.05, 0.1) is 11.8 Å². The zero-order valence-corrected chi connectivity index (χ0v) is 13.6. The fourth-order valence-electron chi connectivity index (χ4n) is 2.59. The average molecular weight is 305 g/mol. The lowest BCUT2D eigenvalue weighted by molar-refractivity contribution is 0.153. The van der Waals surface area contributed by atoms with E-state index >= 15 is 0 Å². The fourth-order valence-corrected chi connectivity index (χ4v) is 2.59. The van der Waals surface area contributed by atoms with Crippen LogP contribution in [0.3, 0.4) is 0 Å². The van der Waals surface area contributed by atoms with E-state index in [0.717, 1.165) is 23.5 Å². The van der Waals surface area contributed by atoms with Gasteiger partial charge in [0, 0.05) is 30.9 Å². The van der Waals surface area contributed by atoms with Gasteiger partial charge in [-0.05, 0) is 44.9 Å². The van der Waals surface area contributed by atoms with Crippen LogP contribution in [-0.2, 0) is 13.6 Å². The lowest BCUT2D eigenvalue weighted by Crippen LogP contribution is -2.27. The maximum atomic E-state index is 12.9. The molecule has 0 aliphatic rings. The van der Waals surface area contributed by atoms with Gasteiger partial charge in [0.2, 0.25) is 0 Å². The maximum absolute atomic E-state index is 12.9. The molecule has 0 aliphatic heterocycles. The van der Waals surface area contributed by atoms with Crippen molar-refractivity contribution in [2.24, 2.45) is 7.05 Å².